The van der Waals surface area contributed by atoms with Crippen molar-refractivity contribution in [2.75, 3.05) is 0 Å². The minimum Gasteiger partial charge on any atom is -0.481 e. The molecule has 1 aromatic rings. The fourth-order valence-corrected chi connectivity index (χ4v) is 13.1. The number of carbonyl (C=O) groups is 3. The van der Waals surface area contributed by atoms with Gasteiger partial charge in [0.2, 0.25) is 5.91 Å². The first-order chi connectivity index (χ1) is 22.9. The van der Waals surface area contributed by atoms with Crippen LogP contribution in [0.3, 0.4) is 0 Å². The molecule has 10 atom stereocenters. The van der Waals surface area contributed by atoms with Crippen molar-refractivity contribution in [3.8, 4) is 0 Å². The zero-order valence-electron chi connectivity index (χ0n) is 31.0. The van der Waals surface area contributed by atoms with Crippen LogP contribution in [-0.2, 0) is 25.7 Å². The Morgan fingerprint density at radius 2 is 1.57 bits per heavy atom. The largest absolute Gasteiger partial charge is 0.481 e. The van der Waals surface area contributed by atoms with E-state index in [-0.39, 0.29) is 40.1 Å². The molecule has 6 nitrogen and oxygen atoms in total. The average molecular weight is 694 g/mol. The number of benzene rings is 1. The van der Waals surface area contributed by atoms with Gasteiger partial charge in [0, 0.05) is 17.0 Å². The van der Waals surface area contributed by atoms with Crippen molar-refractivity contribution in [3.63, 3.8) is 0 Å². The zero-order valence-corrected chi connectivity index (χ0v) is 31.8. The van der Waals surface area contributed by atoms with Crippen LogP contribution in [0.25, 0.3) is 0 Å². The molecule has 0 aliphatic heterocycles. The fraction of sp³-hybridized carbons (Fsp3) is 0.738. The van der Waals surface area contributed by atoms with E-state index in [1.165, 1.54) is 12.0 Å². The molecule has 5 saturated carbocycles. The van der Waals surface area contributed by atoms with E-state index in [4.69, 9.17) is 16.3 Å². The summed E-state index contributed by atoms with van der Waals surface area (Å²) in [6, 6.07) is 7.77. The molecule has 2 N–H and O–H groups in total. The summed E-state index contributed by atoms with van der Waals surface area (Å²) in [5, 5.41) is 13.7. The number of rotatable bonds is 8. The molecule has 1 amide bonds. The third-order valence-electron chi connectivity index (χ3n) is 15.4. The van der Waals surface area contributed by atoms with Crippen LogP contribution in [0.15, 0.2) is 36.4 Å². The Kier molecular flexibility index (Phi) is 9.45. The highest BCUT2D eigenvalue weighted by Gasteiger charge is 2.68. The zero-order chi connectivity index (χ0) is 35.7. The number of carbonyl (C=O) groups excluding carboxylic acids is 2. The number of hydrogen-bond donors (Lipinski definition) is 2. The molecule has 0 aromatic heterocycles. The highest BCUT2D eigenvalue weighted by molar-refractivity contribution is 6.30. The molecule has 0 saturated heterocycles. The predicted octanol–water partition coefficient (Wildman–Crippen LogP) is 9.64. The molecule has 5 aliphatic carbocycles. The van der Waals surface area contributed by atoms with Crippen LogP contribution < -0.4 is 5.32 Å². The van der Waals surface area contributed by atoms with Crippen LogP contribution >= 0.6 is 11.6 Å². The number of nitrogens with one attached hydrogen (secondary N) is 1. The Morgan fingerprint density at radius 3 is 2.22 bits per heavy atom. The Balaban J connectivity index is 1.22. The Bertz CT molecular complexity index is 1480. The first kappa shape index (κ1) is 36.5. The summed E-state index contributed by atoms with van der Waals surface area (Å²) in [6.45, 7) is 20.1. The Hall–Kier alpha value is -2.34. The number of esters is 1. The molecule has 10 unspecified atom stereocenters. The lowest BCUT2D eigenvalue weighted by Crippen LogP contribution is -2.64. The van der Waals surface area contributed by atoms with E-state index in [0.29, 0.717) is 47.1 Å². The number of carboxylic acid groups (broad SMARTS) is 1. The number of halogens is 1. The number of hydrogen-bond acceptors (Lipinski definition) is 4. The maximum atomic E-state index is 14.3. The third-order valence-corrected chi connectivity index (χ3v) is 15.7. The van der Waals surface area contributed by atoms with Crippen molar-refractivity contribution < 1.29 is 24.2 Å². The number of carboxylic acids is 1. The van der Waals surface area contributed by atoms with Gasteiger partial charge in [-0.25, -0.2) is 0 Å². The van der Waals surface area contributed by atoms with E-state index < -0.39 is 17.4 Å². The van der Waals surface area contributed by atoms with E-state index in [2.05, 4.69) is 46.5 Å². The summed E-state index contributed by atoms with van der Waals surface area (Å²) in [4.78, 5) is 39.1. The summed E-state index contributed by atoms with van der Waals surface area (Å²) >= 11 is 6.12. The molecular weight excluding hydrogens is 634 g/mol. The number of ether oxygens (including phenoxy) is 1. The molecule has 5 aliphatic rings. The van der Waals surface area contributed by atoms with Gasteiger partial charge >= 0.3 is 11.9 Å². The van der Waals surface area contributed by atoms with Crippen molar-refractivity contribution in [3.05, 3.63) is 47.0 Å². The van der Waals surface area contributed by atoms with Gasteiger partial charge in [0.1, 0.15) is 6.10 Å². The molecule has 270 valence electrons. The highest BCUT2D eigenvalue weighted by atomic mass is 35.5. The normalized spacial score (nSPS) is 39.4. The monoisotopic (exact) mass is 693 g/mol. The standard InChI is InChI=1S/C42H60ClNO5/c1-25(2)28-15-21-42(36(46)44-24-26-9-11-27(43)12-10-26)22-16-30-29(35(28)42)13-14-32-40(30,7)19-17-31-39(5,6)33(18-20-41(31,32)8)49-34(45)23-38(3,4)37(47)48/h9-12,28-33,35H,1,13-24H2,2-8H3,(H,44,46)(H,47,48). The lowest BCUT2D eigenvalue weighted by Gasteiger charge is -2.69. The first-order valence-electron chi connectivity index (χ1n) is 19.0. The minimum absolute atomic E-state index is 0.117. The molecule has 0 radical (unpaired) electrons. The Labute approximate surface area is 299 Å². The van der Waals surface area contributed by atoms with Crippen molar-refractivity contribution in [1.82, 2.24) is 5.32 Å². The summed E-state index contributed by atoms with van der Waals surface area (Å²) in [5.41, 5.74) is 0.972. The molecule has 0 heterocycles. The van der Waals surface area contributed by atoms with Crippen LogP contribution in [0.1, 0.15) is 125 Å². The second kappa shape index (κ2) is 12.7. The third kappa shape index (κ3) is 5.98. The van der Waals surface area contributed by atoms with Gasteiger partial charge in [-0.3, -0.25) is 14.4 Å². The van der Waals surface area contributed by atoms with E-state index in [1.807, 2.05) is 24.3 Å². The number of amides is 1. The van der Waals surface area contributed by atoms with Gasteiger partial charge in [0.05, 0.1) is 17.3 Å². The second-order valence-electron chi connectivity index (χ2n) is 18.7. The van der Waals surface area contributed by atoms with E-state index in [9.17, 15) is 19.5 Å². The van der Waals surface area contributed by atoms with Gasteiger partial charge in [0.25, 0.3) is 0 Å². The van der Waals surface area contributed by atoms with E-state index in [1.54, 1.807) is 13.8 Å². The van der Waals surface area contributed by atoms with Gasteiger partial charge in [-0.05, 0) is 149 Å². The maximum absolute atomic E-state index is 14.3. The summed E-state index contributed by atoms with van der Waals surface area (Å²) in [7, 11) is 0. The maximum Gasteiger partial charge on any atom is 0.309 e. The number of aliphatic carboxylic acids is 1. The quantitative estimate of drug-likeness (QED) is 0.209. The van der Waals surface area contributed by atoms with Crippen LogP contribution in [0.5, 0.6) is 0 Å². The summed E-state index contributed by atoms with van der Waals surface area (Å²) in [5.74, 6) is 1.68. The van der Waals surface area contributed by atoms with Crippen molar-refractivity contribution in [2.24, 2.45) is 62.6 Å². The van der Waals surface area contributed by atoms with Gasteiger partial charge in [-0.1, -0.05) is 63.6 Å². The van der Waals surface area contributed by atoms with Crippen molar-refractivity contribution >= 4 is 29.4 Å². The molecule has 5 fully saturated rings. The van der Waals surface area contributed by atoms with E-state index in [0.717, 1.165) is 63.4 Å². The molecular formula is C42H60ClNO5. The molecule has 7 heteroatoms. The summed E-state index contributed by atoms with van der Waals surface area (Å²) in [6.07, 6.45) is 10.2. The van der Waals surface area contributed by atoms with Gasteiger partial charge in [-0.2, -0.15) is 0 Å². The van der Waals surface area contributed by atoms with Gasteiger partial charge in [0.15, 0.2) is 0 Å². The molecule has 1 aromatic carbocycles. The smallest absolute Gasteiger partial charge is 0.309 e. The first-order valence-corrected chi connectivity index (χ1v) is 19.4. The highest BCUT2D eigenvalue weighted by Crippen LogP contribution is 2.74. The lowest BCUT2D eigenvalue weighted by atomic mass is 9.36. The number of allylic oxidation sites excluding steroid dienone is 1. The summed E-state index contributed by atoms with van der Waals surface area (Å²) < 4.78 is 6.15. The van der Waals surface area contributed by atoms with Crippen LogP contribution in [0, 0.1) is 62.6 Å². The molecule has 49 heavy (non-hydrogen) atoms. The van der Waals surface area contributed by atoms with Crippen LogP contribution in [0.4, 0.5) is 0 Å². The van der Waals surface area contributed by atoms with Gasteiger partial charge in [-0.15, -0.1) is 0 Å². The number of fused-ring (bicyclic) bond motifs is 7. The van der Waals surface area contributed by atoms with Crippen LogP contribution in [-0.4, -0.2) is 29.1 Å². The average Bonchev–Trinajstić information content (AvgIpc) is 3.43. The molecule has 6 rings (SSSR count). The molecule has 0 spiro atoms. The second-order valence-corrected chi connectivity index (χ2v) is 19.2. The SMILES string of the molecule is C=C(C)C1CCC2(C(=O)NCc3ccc(Cl)cc3)CCC3C(CCC4C3(C)CCC3C(C)(C)C(OC(=O)CC(C)(C)C(=O)O)CCC34C)C12. The fourth-order valence-electron chi connectivity index (χ4n) is 13.0. The topological polar surface area (TPSA) is 92.7 Å². The van der Waals surface area contributed by atoms with Gasteiger partial charge < -0.3 is 15.2 Å². The Morgan fingerprint density at radius 1 is 0.918 bits per heavy atom. The molecule has 0 bridgehead atoms. The van der Waals surface area contributed by atoms with Crippen molar-refractivity contribution in [1.29, 1.82) is 0 Å². The predicted molar refractivity (Wildman–Crippen MR) is 194 cm³/mol. The van der Waals surface area contributed by atoms with E-state index >= 15 is 0 Å². The minimum atomic E-state index is -1.15. The van der Waals surface area contributed by atoms with Crippen molar-refractivity contribution in [2.45, 2.75) is 132 Å². The van der Waals surface area contributed by atoms with Crippen LogP contribution in [0.2, 0.25) is 5.02 Å². The lowest BCUT2D eigenvalue weighted by molar-refractivity contribution is -0.223.